The van der Waals surface area contributed by atoms with Crippen molar-refractivity contribution in [3.63, 3.8) is 0 Å². The number of carbonyl (C=O) groups is 2. The van der Waals surface area contributed by atoms with Crippen LogP contribution in [0.2, 0.25) is 0 Å². The van der Waals surface area contributed by atoms with E-state index >= 15 is 0 Å². The molecule has 3 fully saturated rings. The van der Waals surface area contributed by atoms with Crippen LogP contribution in [0.4, 0.5) is 4.79 Å². The smallest absolute Gasteiger partial charge is 0.320 e. The fourth-order valence-electron chi connectivity index (χ4n) is 4.13. The summed E-state index contributed by atoms with van der Waals surface area (Å²) in [6.45, 7) is 8.52. The summed E-state index contributed by atoms with van der Waals surface area (Å²) in [5, 5.41) is 3.93. The molecule has 0 unspecified atom stereocenters. The molecule has 8 heteroatoms. The minimum absolute atomic E-state index is 0.0821. The Hall–Kier alpha value is -2.09. The van der Waals surface area contributed by atoms with Crippen molar-refractivity contribution in [3.05, 3.63) is 17.5 Å². The topological polar surface area (TPSA) is 79.1 Å². The second-order valence-corrected chi connectivity index (χ2v) is 7.67. The molecule has 0 N–H and O–H groups in total. The van der Waals surface area contributed by atoms with Crippen LogP contribution in [0.15, 0.2) is 10.6 Å². The third-order valence-corrected chi connectivity index (χ3v) is 5.68. The molecule has 0 aliphatic carbocycles. The van der Waals surface area contributed by atoms with E-state index in [0.29, 0.717) is 51.0 Å². The molecule has 0 saturated carbocycles. The zero-order valence-electron chi connectivity index (χ0n) is 15.4. The summed E-state index contributed by atoms with van der Waals surface area (Å²) >= 11 is 0. The molecule has 142 valence electrons. The van der Waals surface area contributed by atoms with E-state index < -0.39 is 0 Å². The molecule has 0 aromatic carbocycles. The first-order chi connectivity index (χ1) is 12.5. The van der Waals surface area contributed by atoms with Crippen molar-refractivity contribution < 1.29 is 18.8 Å². The van der Waals surface area contributed by atoms with Gasteiger partial charge in [-0.25, -0.2) is 4.79 Å². The van der Waals surface area contributed by atoms with Gasteiger partial charge in [0.25, 0.3) is 5.91 Å². The van der Waals surface area contributed by atoms with Crippen LogP contribution in [0.1, 0.15) is 42.4 Å². The maximum absolute atomic E-state index is 12.8. The normalized spacial score (nSPS) is 25.9. The first-order valence-electron chi connectivity index (χ1n) is 9.43. The van der Waals surface area contributed by atoms with Gasteiger partial charge in [0, 0.05) is 50.6 Å². The standard InChI is InChI=1S/C18H26N4O4/c1-12(2)16-9-14(19-26-16)17(23)21-10-13-3-4-22(15(13)11-21)18(24)20-5-7-25-8-6-20/h9,12-13,15H,3-8,10-11H2,1-2H3/t13-,15+/m1/s1. The number of amides is 3. The van der Waals surface area contributed by atoms with Gasteiger partial charge in [0.15, 0.2) is 5.69 Å². The van der Waals surface area contributed by atoms with E-state index in [-0.39, 0.29) is 23.9 Å². The third kappa shape index (κ3) is 3.06. The molecule has 26 heavy (non-hydrogen) atoms. The molecule has 8 nitrogen and oxygen atoms in total. The van der Waals surface area contributed by atoms with Gasteiger partial charge in [-0.05, 0) is 6.42 Å². The van der Waals surface area contributed by atoms with E-state index in [9.17, 15) is 9.59 Å². The van der Waals surface area contributed by atoms with Gasteiger partial charge < -0.3 is 24.0 Å². The van der Waals surface area contributed by atoms with E-state index in [1.807, 2.05) is 28.5 Å². The summed E-state index contributed by atoms with van der Waals surface area (Å²) < 4.78 is 10.6. The average molecular weight is 362 g/mol. The number of urea groups is 1. The molecule has 0 spiro atoms. The summed E-state index contributed by atoms with van der Waals surface area (Å²) in [6.07, 6.45) is 0.945. The Bertz CT molecular complexity index is 682. The summed E-state index contributed by atoms with van der Waals surface area (Å²) in [5.74, 6) is 1.16. The van der Waals surface area contributed by atoms with Crippen LogP contribution in [0.3, 0.4) is 0 Å². The van der Waals surface area contributed by atoms with Crippen LogP contribution >= 0.6 is 0 Å². The van der Waals surface area contributed by atoms with Gasteiger partial charge in [-0.2, -0.15) is 0 Å². The van der Waals surface area contributed by atoms with Crippen LogP contribution in [-0.2, 0) is 4.74 Å². The minimum Gasteiger partial charge on any atom is -0.378 e. The minimum atomic E-state index is -0.103. The van der Waals surface area contributed by atoms with Crippen LogP contribution in [0.25, 0.3) is 0 Å². The Morgan fingerprint density at radius 3 is 2.62 bits per heavy atom. The molecule has 2 atom stereocenters. The Morgan fingerprint density at radius 1 is 1.15 bits per heavy atom. The number of hydrogen-bond donors (Lipinski definition) is 0. The number of likely N-dealkylation sites (tertiary alicyclic amines) is 2. The number of ether oxygens (including phenoxy) is 1. The van der Waals surface area contributed by atoms with E-state index in [2.05, 4.69) is 5.16 Å². The van der Waals surface area contributed by atoms with Gasteiger partial charge in [-0.15, -0.1) is 0 Å². The predicted molar refractivity (Wildman–Crippen MR) is 92.9 cm³/mol. The highest BCUT2D eigenvalue weighted by molar-refractivity contribution is 5.92. The highest BCUT2D eigenvalue weighted by Crippen LogP contribution is 2.33. The van der Waals surface area contributed by atoms with Crippen molar-refractivity contribution in [2.45, 2.75) is 32.2 Å². The van der Waals surface area contributed by atoms with E-state index in [4.69, 9.17) is 9.26 Å². The maximum atomic E-state index is 12.8. The lowest BCUT2D eigenvalue weighted by molar-refractivity contribution is 0.0416. The lowest BCUT2D eigenvalue weighted by Crippen LogP contribution is -2.51. The molecular weight excluding hydrogens is 336 g/mol. The van der Waals surface area contributed by atoms with Crippen LogP contribution < -0.4 is 0 Å². The fraction of sp³-hybridized carbons (Fsp3) is 0.722. The van der Waals surface area contributed by atoms with Gasteiger partial charge in [-0.1, -0.05) is 19.0 Å². The molecule has 1 aromatic heterocycles. The highest BCUT2D eigenvalue weighted by atomic mass is 16.5. The summed E-state index contributed by atoms with van der Waals surface area (Å²) in [5.41, 5.74) is 0.361. The lowest BCUT2D eigenvalue weighted by Gasteiger charge is -2.33. The van der Waals surface area contributed by atoms with Gasteiger partial charge in [-0.3, -0.25) is 4.79 Å². The first kappa shape index (κ1) is 17.3. The second kappa shape index (κ2) is 6.90. The largest absolute Gasteiger partial charge is 0.378 e. The Kier molecular flexibility index (Phi) is 4.60. The van der Waals surface area contributed by atoms with E-state index in [0.717, 1.165) is 18.7 Å². The average Bonchev–Trinajstić information content (AvgIpc) is 3.36. The molecule has 1 aromatic rings. The molecule has 3 aliphatic heterocycles. The van der Waals surface area contributed by atoms with Crippen molar-refractivity contribution in [2.24, 2.45) is 5.92 Å². The SMILES string of the molecule is CC(C)c1cc(C(=O)N2C[C@H]3CCN(C(=O)N4CCOCC4)[C@H]3C2)no1. The zero-order chi connectivity index (χ0) is 18.3. The Balaban J connectivity index is 1.42. The van der Waals surface area contributed by atoms with Gasteiger partial charge in [0.2, 0.25) is 0 Å². The third-order valence-electron chi connectivity index (χ3n) is 5.68. The molecule has 3 amide bonds. The van der Waals surface area contributed by atoms with Gasteiger partial charge >= 0.3 is 6.03 Å². The maximum Gasteiger partial charge on any atom is 0.320 e. The van der Waals surface area contributed by atoms with Crippen molar-refractivity contribution in [1.82, 2.24) is 19.9 Å². The van der Waals surface area contributed by atoms with Crippen molar-refractivity contribution in [3.8, 4) is 0 Å². The lowest BCUT2D eigenvalue weighted by atomic mass is 10.1. The van der Waals surface area contributed by atoms with Crippen molar-refractivity contribution in [1.29, 1.82) is 0 Å². The van der Waals surface area contributed by atoms with Crippen LogP contribution in [0.5, 0.6) is 0 Å². The number of fused-ring (bicyclic) bond motifs is 1. The Labute approximate surface area is 153 Å². The molecule has 4 heterocycles. The summed E-state index contributed by atoms with van der Waals surface area (Å²) in [4.78, 5) is 31.2. The van der Waals surface area contributed by atoms with E-state index in [1.54, 1.807) is 6.07 Å². The molecule has 4 rings (SSSR count). The number of hydrogen-bond acceptors (Lipinski definition) is 5. The van der Waals surface area contributed by atoms with Gasteiger partial charge in [0.1, 0.15) is 5.76 Å². The quantitative estimate of drug-likeness (QED) is 0.794. The molecular formula is C18H26N4O4. The number of carbonyl (C=O) groups excluding carboxylic acids is 2. The molecule has 3 aliphatic rings. The predicted octanol–water partition coefficient (Wildman–Crippen LogP) is 1.40. The van der Waals surface area contributed by atoms with E-state index in [1.165, 1.54) is 0 Å². The molecule has 0 radical (unpaired) electrons. The fourth-order valence-corrected chi connectivity index (χ4v) is 4.13. The van der Waals surface area contributed by atoms with Crippen molar-refractivity contribution >= 4 is 11.9 Å². The van der Waals surface area contributed by atoms with Crippen molar-refractivity contribution in [2.75, 3.05) is 45.9 Å². The van der Waals surface area contributed by atoms with Crippen LogP contribution in [-0.4, -0.2) is 83.8 Å². The monoisotopic (exact) mass is 362 g/mol. The number of morpholine rings is 1. The van der Waals surface area contributed by atoms with Crippen LogP contribution in [0, 0.1) is 5.92 Å². The summed E-state index contributed by atoms with van der Waals surface area (Å²) in [6, 6.07) is 1.92. The molecule has 0 bridgehead atoms. The number of nitrogens with zero attached hydrogens (tertiary/aromatic N) is 4. The molecule has 3 saturated heterocycles. The zero-order valence-corrected chi connectivity index (χ0v) is 15.4. The Morgan fingerprint density at radius 2 is 1.92 bits per heavy atom. The number of aromatic nitrogens is 1. The second-order valence-electron chi connectivity index (χ2n) is 7.67. The van der Waals surface area contributed by atoms with Gasteiger partial charge in [0.05, 0.1) is 19.3 Å². The summed E-state index contributed by atoms with van der Waals surface area (Å²) in [7, 11) is 0. The highest BCUT2D eigenvalue weighted by Gasteiger charge is 2.46. The first-order valence-corrected chi connectivity index (χ1v) is 9.43. The number of rotatable bonds is 2.